The van der Waals surface area contributed by atoms with Crippen LogP contribution in [0.1, 0.15) is 18.4 Å². The van der Waals surface area contributed by atoms with Gasteiger partial charge in [0, 0.05) is 6.61 Å². The molecule has 21 heavy (non-hydrogen) atoms. The summed E-state index contributed by atoms with van der Waals surface area (Å²) in [5.41, 5.74) is 0.838. The zero-order chi connectivity index (χ0) is 15.1. The van der Waals surface area contributed by atoms with E-state index in [1.807, 2.05) is 30.3 Å². The summed E-state index contributed by atoms with van der Waals surface area (Å²) in [6.07, 6.45) is 1.50. The van der Waals surface area contributed by atoms with Crippen LogP contribution in [0.5, 0.6) is 0 Å². The van der Waals surface area contributed by atoms with E-state index < -0.39 is 18.1 Å². The minimum atomic E-state index is -1.14. The first kappa shape index (κ1) is 15.3. The van der Waals surface area contributed by atoms with Gasteiger partial charge in [-0.2, -0.15) is 0 Å². The Morgan fingerprint density at radius 1 is 1.29 bits per heavy atom. The molecule has 0 aromatic heterocycles. The van der Waals surface area contributed by atoms with E-state index in [1.165, 1.54) is 0 Å². The van der Waals surface area contributed by atoms with Crippen LogP contribution in [0.3, 0.4) is 0 Å². The topological polar surface area (TPSA) is 84.9 Å². The highest BCUT2D eigenvalue weighted by Crippen LogP contribution is 2.28. The van der Waals surface area contributed by atoms with Gasteiger partial charge in [-0.15, -0.1) is 0 Å². The second kappa shape index (κ2) is 7.64. The van der Waals surface area contributed by atoms with Gasteiger partial charge in [-0.25, -0.2) is 9.59 Å². The smallest absolute Gasteiger partial charge is 0.408 e. The molecule has 1 aliphatic rings. The fourth-order valence-corrected chi connectivity index (χ4v) is 1.72. The van der Waals surface area contributed by atoms with Gasteiger partial charge in [0.25, 0.3) is 0 Å². The normalized spacial score (nSPS) is 15.2. The second-order valence-corrected chi connectivity index (χ2v) is 5.08. The molecule has 1 unspecified atom stereocenters. The van der Waals surface area contributed by atoms with Crippen molar-refractivity contribution in [2.75, 3.05) is 13.2 Å². The maximum absolute atomic E-state index is 11.6. The summed E-state index contributed by atoms with van der Waals surface area (Å²) < 4.78 is 10.3. The summed E-state index contributed by atoms with van der Waals surface area (Å²) in [4.78, 5) is 22.6. The third-order valence-corrected chi connectivity index (χ3v) is 3.14. The van der Waals surface area contributed by atoms with Crippen LogP contribution in [-0.2, 0) is 20.9 Å². The molecule has 6 nitrogen and oxygen atoms in total. The third kappa shape index (κ3) is 5.83. The second-order valence-electron chi connectivity index (χ2n) is 5.08. The van der Waals surface area contributed by atoms with Crippen LogP contribution in [0.15, 0.2) is 30.3 Å². The molecule has 1 aromatic rings. The van der Waals surface area contributed by atoms with Crippen LogP contribution < -0.4 is 5.32 Å². The number of ether oxygens (including phenoxy) is 2. The van der Waals surface area contributed by atoms with E-state index in [9.17, 15) is 9.59 Å². The molecule has 2 N–H and O–H groups in total. The van der Waals surface area contributed by atoms with Gasteiger partial charge < -0.3 is 19.9 Å². The molecular formula is C15H19NO5. The molecule has 0 radical (unpaired) electrons. The number of amides is 1. The third-order valence-electron chi connectivity index (χ3n) is 3.14. The number of carbonyl (C=O) groups is 2. The van der Waals surface area contributed by atoms with Crippen LogP contribution in [-0.4, -0.2) is 36.4 Å². The Balaban J connectivity index is 1.70. The molecule has 1 saturated carbocycles. The molecule has 1 amide bonds. The predicted molar refractivity (Wildman–Crippen MR) is 74.7 cm³/mol. The van der Waals surface area contributed by atoms with Crippen molar-refractivity contribution in [2.24, 2.45) is 5.92 Å². The molecule has 1 fully saturated rings. The Bertz CT molecular complexity index is 472. The van der Waals surface area contributed by atoms with Gasteiger partial charge in [-0.3, -0.25) is 0 Å². The van der Waals surface area contributed by atoms with Gasteiger partial charge >= 0.3 is 12.1 Å². The number of carboxylic acids is 1. The molecule has 0 spiro atoms. The van der Waals surface area contributed by atoms with E-state index in [-0.39, 0.29) is 13.2 Å². The maximum atomic E-state index is 11.6. The molecule has 1 atom stereocenters. The first-order valence-electron chi connectivity index (χ1n) is 6.93. The van der Waals surface area contributed by atoms with Gasteiger partial charge in [-0.1, -0.05) is 30.3 Å². The van der Waals surface area contributed by atoms with Crippen molar-refractivity contribution >= 4 is 12.1 Å². The number of alkyl carbamates (subject to hydrolysis) is 1. The van der Waals surface area contributed by atoms with Crippen LogP contribution in [0.2, 0.25) is 0 Å². The Labute approximate surface area is 123 Å². The fourth-order valence-electron chi connectivity index (χ4n) is 1.72. The average Bonchev–Trinajstić information content (AvgIpc) is 3.29. The Morgan fingerprint density at radius 2 is 2.00 bits per heavy atom. The molecule has 0 bridgehead atoms. The van der Waals surface area contributed by atoms with E-state index in [1.54, 1.807) is 0 Å². The van der Waals surface area contributed by atoms with Gasteiger partial charge in [0.1, 0.15) is 6.61 Å². The molecule has 0 saturated heterocycles. The predicted octanol–water partition coefficient (Wildman–Crippen LogP) is 1.79. The van der Waals surface area contributed by atoms with Crippen molar-refractivity contribution in [1.29, 1.82) is 0 Å². The zero-order valence-electron chi connectivity index (χ0n) is 11.7. The van der Waals surface area contributed by atoms with Gasteiger partial charge in [0.2, 0.25) is 0 Å². The first-order chi connectivity index (χ1) is 10.1. The number of aliphatic carboxylic acids is 1. The van der Waals surface area contributed by atoms with Gasteiger partial charge in [0.15, 0.2) is 6.04 Å². The van der Waals surface area contributed by atoms with Crippen molar-refractivity contribution in [3.63, 3.8) is 0 Å². The van der Waals surface area contributed by atoms with Crippen molar-refractivity contribution in [1.82, 2.24) is 5.32 Å². The van der Waals surface area contributed by atoms with Crippen molar-refractivity contribution in [3.05, 3.63) is 35.9 Å². The lowest BCUT2D eigenvalue weighted by atomic mass is 10.2. The highest BCUT2D eigenvalue weighted by Gasteiger charge is 2.24. The summed E-state index contributed by atoms with van der Waals surface area (Å²) in [7, 11) is 0. The molecule has 0 heterocycles. The molecule has 2 rings (SSSR count). The van der Waals surface area contributed by atoms with E-state index in [4.69, 9.17) is 14.6 Å². The molecule has 114 valence electrons. The summed E-state index contributed by atoms with van der Waals surface area (Å²) in [6.45, 7) is 0.596. The van der Waals surface area contributed by atoms with Crippen LogP contribution in [0, 0.1) is 5.92 Å². The monoisotopic (exact) mass is 293 g/mol. The molecule has 6 heteroatoms. The maximum Gasteiger partial charge on any atom is 0.408 e. The average molecular weight is 293 g/mol. The molecule has 0 aliphatic heterocycles. The Kier molecular flexibility index (Phi) is 5.57. The lowest BCUT2D eigenvalue weighted by molar-refractivity contribution is -0.141. The SMILES string of the molecule is O=C(NC(COCC1CC1)C(=O)O)OCc1ccccc1. The number of benzene rings is 1. The van der Waals surface area contributed by atoms with Crippen LogP contribution >= 0.6 is 0 Å². The van der Waals surface area contributed by atoms with Crippen LogP contribution in [0.25, 0.3) is 0 Å². The Hall–Kier alpha value is -2.08. The minimum absolute atomic E-state index is 0.0493. The molecule has 1 aliphatic carbocycles. The lowest BCUT2D eigenvalue weighted by Crippen LogP contribution is -2.44. The number of hydrogen-bond acceptors (Lipinski definition) is 4. The quantitative estimate of drug-likeness (QED) is 0.763. The Morgan fingerprint density at radius 3 is 2.62 bits per heavy atom. The van der Waals surface area contributed by atoms with Crippen molar-refractivity contribution in [2.45, 2.75) is 25.5 Å². The molecule has 1 aromatic carbocycles. The highest BCUT2D eigenvalue weighted by molar-refractivity contribution is 5.80. The molecular weight excluding hydrogens is 274 g/mol. The van der Waals surface area contributed by atoms with E-state index in [0.29, 0.717) is 12.5 Å². The number of carboxylic acid groups (broad SMARTS) is 1. The summed E-state index contributed by atoms with van der Waals surface area (Å²) in [5.74, 6) is -0.591. The number of nitrogens with one attached hydrogen (secondary N) is 1. The first-order valence-corrected chi connectivity index (χ1v) is 6.93. The van der Waals surface area contributed by atoms with E-state index in [0.717, 1.165) is 18.4 Å². The zero-order valence-corrected chi connectivity index (χ0v) is 11.7. The van der Waals surface area contributed by atoms with Gasteiger partial charge in [-0.05, 0) is 24.3 Å². The van der Waals surface area contributed by atoms with Crippen molar-refractivity contribution < 1.29 is 24.2 Å². The largest absolute Gasteiger partial charge is 0.480 e. The van der Waals surface area contributed by atoms with Gasteiger partial charge in [0.05, 0.1) is 6.61 Å². The number of hydrogen-bond donors (Lipinski definition) is 2. The lowest BCUT2D eigenvalue weighted by Gasteiger charge is -2.14. The highest BCUT2D eigenvalue weighted by atomic mass is 16.5. The fraction of sp³-hybridized carbons (Fsp3) is 0.467. The summed E-state index contributed by atoms with van der Waals surface area (Å²) >= 11 is 0. The number of rotatable bonds is 8. The number of carbonyl (C=O) groups excluding carboxylic acids is 1. The summed E-state index contributed by atoms with van der Waals surface area (Å²) in [6, 6.07) is 8.08. The standard InChI is InChI=1S/C15H19NO5/c17-14(18)13(10-20-8-12-6-7-12)16-15(19)21-9-11-4-2-1-3-5-11/h1-5,12-13H,6-10H2,(H,16,19)(H,17,18). The minimum Gasteiger partial charge on any atom is -0.480 e. The van der Waals surface area contributed by atoms with E-state index >= 15 is 0 Å². The van der Waals surface area contributed by atoms with E-state index in [2.05, 4.69) is 5.32 Å². The summed E-state index contributed by atoms with van der Waals surface area (Å²) in [5, 5.41) is 11.3. The van der Waals surface area contributed by atoms with Crippen LogP contribution in [0.4, 0.5) is 4.79 Å². The van der Waals surface area contributed by atoms with Crippen molar-refractivity contribution in [3.8, 4) is 0 Å².